The van der Waals surface area contributed by atoms with Crippen molar-refractivity contribution in [2.45, 2.75) is 32.9 Å². The van der Waals surface area contributed by atoms with Crippen LogP contribution in [0.4, 0.5) is 10.5 Å². The highest BCUT2D eigenvalue weighted by atomic mass is 16.6. The molecule has 1 aliphatic heterocycles. The highest BCUT2D eigenvalue weighted by Gasteiger charge is 2.27. The number of nitrogens with zero attached hydrogens (tertiary/aromatic N) is 4. The normalized spacial score (nSPS) is 16.0. The second kappa shape index (κ2) is 6.91. The Morgan fingerprint density at radius 1 is 1.31 bits per heavy atom. The number of ether oxygens (including phenoxy) is 1. The Hall–Kier alpha value is -2.68. The summed E-state index contributed by atoms with van der Waals surface area (Å²) in [6, 6.07) is 4.66. The van der Waals surface area contributed by atoms with Crippen LogP contribution in [0.25, 0.3) is 11.1 Å². The SMILES string of the molecule is CC(C)(C)OC(=O)N1CCN(Cc2nc3c([N+](=O)[O-])cccc3o2)CC1. The molecule has 140 valence electrons. The molecule has 0 unspecified atom stereocenters. The maximum Gasteiger partial charge on any atom is 0.410 e. The van der Waals surface area contributed by atoms with E-state index in [0.717, 1.165) is 0 Å². The van der Waals surface area contributed by atoms with Crippen LogP contribution in [0.2, 0.25) is 0 Å². The molecular formula is C17H22N4O5. The van der Waals surface area contributed by atoms with Crippen LogP contribution >= 0.6 is 0 Å². The molecule has 0 aliphatic carbocycles. The van der Waals surface area contributed by atoms with Crippen molar-refractivity contribution in [3.05, 3.63) is 34.2 Å². The molecule has 26 heavy (non-hydrogen) atoms. The molecule has 0 N–H and O–H groups in total. The first kappa shape index (κ1) is 18.1. The fourth-order valence-corrected chi connectivity index (χ4v) is 2.80. The van der Waals surface area contributed by atoms with Crippen LogP contribution in [0.5, 0.6) is 0 Å². The summed E-state index contributed by atoms with van der Waals surface area (Å²) in [5.41, 5.74) is 0.0925. The second-order valence-corrected chi connectivity index (χ2v) is 7.23. The summed E-state index contributed by atoms with van der Waals surface area (Å²) in [4.78, 5) is 30.8. The Kier molecular flexibility index (Phi) is 4.82. The lowest BCUT2D eigenvalue weighted by Gasteiger charge is -2.35. The van der Waals surface area contributed by atoms with Crippen LogP contribution in [0.1, 0.15) is 26.7 Å². The van der Waals surface area contributed by atoms with E-state index in [9.17, 15) is 14.9 Å². The van der Waals surface area contributed by atoms with E-state index in [4.69, 9.17) is 9.15 Å². The lowest BCUT2D eigenvalue weighted by Crippen LogP contribution is -2.49. The van der Waals surface area contributed by atoms with E-state index in [0.29, 0.717) is 44.2 Å². The van der Waals surface area contributed by atoms with E-state index in [1.165, 1.54) is 6.07 Å². The first-order valence-electron chi connectivity index (χ1n) is 8.46. The number of non-ortho nitro benzene ring substituents is 1. The van der Waals surface area contributed by atoms with Gasteiger partial charge in [0.25, 0.3) is 5.69 Å². The van der Waals surface area contributed by atoms with E-state index >= 15 is 0 Å². The average Bonchev–Trinajstić information content (AvgIpc) is 2.95. The topological polar surface area (TPSA) is 102 Å². The van der Waals surface area contributed by atoms with Crippen LogP contribution in [0.3, 0.4) is 0 Å². The number of aromatic nitrogens is 1. The number of para-hydroxylation sites is 1. The highest BCUT2D eigenvalue weighted by molar-refractivity contribution is 5.82. The minimum atomic E-state index is -0.513. The third kappa shape index (κ3) is 4.10. The Morgan fingerprint density at radius 3 is 2.62 bits per heavy atom. The van der Waals surface area contributed by atoms with Crippen molar-refractivity contribution in [2.75, 3.05) is 26.2 Å². The average molecular weight is 362 g/mol. The highest BCUT2D eigenvalue weighted by Crippen LogP contribution is 2.26. The number of benzene rings is 1. The monoisotopic (exact) mass is 362 g/mol. The van der Waals surface area contributed by atoms with Gasteiger partial charge in [-0.2, -0.15) is 0 Å². The molecule has 9 nitrogen and oxygen atoms in total. The lowest BCUT2D eigenvalue weighted by molar-refractivity contribution is -0.383. The summed E-state index contributed by atoms with van der Waals surface area (Å²) in [6.45, 7) is 8.37. The van der Waals surface area contributed by atoms with Gasteiger partial charge in [0.15, 0.2) is 11.1 Å². The number of carbonyl (C=O) groups excluding carboxylic acids is 1. The lowest BCUT2D eigenvalue weighted by atomic mass is 10.2. The quantitative estimate of drug-likeness (QED) is 0.611. The Labute approximate surface area is 150 Å². The molecule has 2 heterocycles. The van der Waals surface area contributed by atoms with Crippen LogP contribution < -0.4 is 0 Å². The summed E-state index contributed by atoms with van der Waals surface area (Å²) < 4.78 is 11.0. The molecule has 1 fully saturated rings. The molecular weight excluding hydrogens is 340 g/mol. The predicted octanol–water partition coefficient (Wildman–Crippen LogP) is 2.79. The molecule has 1 aromatic heterocycles. The van der Waals surface area contributed by atoms with Crippen LogP contribution in [0.15, 0.2) is 22.6 Å². The number of piperazine rings is 1. The van der Waals surface area contributed by atoms with Crippen molar-refractivity contribution >= 4 is 22.9 Å². The molecule has 0 atom stereocenters. The van der Waals surface area contributed by atoms with Gasteiger partial charge in [-0.25, -0.2) is 9.78 Å². The number of oxazole rings is 1. The van der Waals surface area contributed by atoms with Crippen molar-refractivity contribution in [3.63, 3.8) is 0 Å². The molecule has 2 aromatic rings. The van der Waals surface area contributed by atoms with Gasteiger partial charge in [0.05, 0.1) is 11.5 Å². The van der Waals surface area contributed by atoms with Gasteiger partial charge >= 0.3 is 6.09 Å². The zero-order valence-electron chi connectivity index (χ0n) is 15.1. The zero-order chi connectivity index (χ0) is 18.9. The van der Waals surface area contributed by atoms with Gasteiger partial charge in [-0.1, -0.05) is 6.07 Å². The fourth-order valence-electron chi connectivity index (χ4n) is 2.80. The number of nitro benzene ring substituents is 1. The largest absolute Gasteiger partial charge is 0.444 e. The number of rotatable bonds is 3. The number of nitro groups is 1. The molecule has 0 spiro atoms. The van der Waals surface area contributed by atoms with Crippen LogP contribution in [-0.4, -0.2) is 57.6 Å². The van der Waals surface area contributed by atoms with Crippen molar-refractivity contribution in [2.24, 2.45) is 0 Å². The zero-order valence-corrected chi connectivity index (χ0v) is 15.1. The van der Waals surface area contributed by atoms with Crippen molar-refractivity contribution in [1.82, 2.24) is 14.8 Å². The number of hydrogen-bond donors (Lipinski definition) is 0. The molecule has 9 heteroatoms. The van der Waals surface area contributed by atoms with Gasteiger partial charge in [-0.15, -0.1) is 0 Å². The smallest absolute Gasteiger partial charge is 0.410 e. The van der Waals surface area contributed by atoms with Gasteiger partial charge in [0.1, 0.15) is 5.60 Å². The predicted molar refractivity (Wildman–Crippen MR) is 93.7 cm³/mol. The van der Waals surface area contributed by atoms with E-state index in [1.54, 1.807) is 17.0 Å². The molecule has 0 radical (unpaired) electrons. The molecule has 1 amide bonds. The van der Waals surface area contributed by atoms with E-state index < -0.39 is 10.5 Å². The Bertz CT molecular complexity index is 818. The summed E-state index contributed by atoms with van der Waals surface area (Å²) in [5.74, 6) is 0.431. The first-order chi connectivity index (χ1) is 12.2. The number of fused-ring (bicyclic) bond motifs is 1. The molecule has 0 saturated carbocycles. The van der Waals surface area contributed by atoms with Gasteiger partial charge in [0, 0.05) is 32.2 Å². The molecule has 0 bridgehead atoms. The van der Waals surface area contributed by atoms with Gasteiger partial charge in [0.2, 0.25) is 5.89 Å². The van der Waals surface area contributed by atoms with E-state index in [1.807, 2.05) is 20.8 Å². The van der Waals surface area contributed by atoms with Gasteiger partial charge < -0.3 is 14.1 Å². The van der Waals surface area contributed by atoms with E-state index in [-0.39, 0.29) is 17.3 Å². The first-order valence-corrected chi connectivity index (χ1v) is 8.46. The van der Waals surface area contributed by atoms with Gasteiger partial charge in [-0.05, 0) is 26.8 Å². The Morgan fingerprint density at radius 2 is 2.00 bits per heavy atom. The van der Waals surface area contributed by atoms with Crippen molar-refractivity contribution in [3.8, 4) is 0 Å². The van der Waals surface area contributed by atoms with Crippen molar-refractivity contribution in [1.29, 1.82) is 0 Å². The third-order valence-corrected chi connectivity index (χ3v) is 4.02. The molecule has 1 aromatic carbocycles. The molecule has 1 saturated heterocycles. The number of carbonyl (C=O) groups is 1. The maximum absolute atomic E-state index is 12.1. The van der Waals surface area contributed by atoms with Crippen LogP contribution in [0, 0.1) is 10.1 Å². The minimum absolute atomic E-state index is 0.0627. The number of amides is 1. The van der Waals surface area contributed by atoms with Crippen LogP contribution in [-0.2, 0) is 11.3 Å². The summed E-state index contributed by atoms with van der Waals surface area (Å²) >= 11 is 0. The molecule has 1 aliphatic rings. The second-order valence-electron chi connectivity index (χ2n) is 7.23. The fraction of sp³-hybridized carbons (Fsp3) is 0.529. The third-order valence-electron chi connectivity index (χ3n) is 4.02. The summed E-state index contributed by atoms with van der Waals surface area (Å²) in [5, 5.41) is 11.1. The number of hydrogen-bond acceptors (Lipinski definition) is 7. The summed E-state index contributed by atoms with van der Waals surface area (Å²) in [7, 11) is 0. The minimum Gasteiger partial charge on any atom is -0.444 e. The molecule has 3 rings (SSSR count). The Balaban J connectivity index is 1.61. The standard InChI is InChI=1S/C17H22N4O5/c1-17(2,3)26-16(22)20-9-7-19(8-10-20)11-14-18-15-12(21(23)24)5-4-6-13(15)25-14/h4-6H,7-11H2,1-3H3. The summed E-state index contributed by atoms with van der Waals surface area (Å²) in [6.07, 6.45) is -0.311. The van der Waals surface area contributed by atoms with Crippen molar-refractivity contribution < 1.29 is 18.9 Å². The van der Waals surface area contributed by atoms with Gasteiger partial charge in [-0.3, -0.25) is 15.0 Å². The van der Waals surface area contributed by atoms with E-state index in [2.05, 4.69) is 9.88 Å². The maximum atomic E-state index is 12.1.